The Hall–Kier alpha value is -0.910. The second kappa shape index (κ2) is 9.08. The maximum atomic E-state index is 5.49. The van der Waals surface area contributed by atoms with Gasteiger partial charge in [0, 0.05) is 44.7 Å². The third-order valence-electron chi connectivity index (χ3n) is 2.50. The summed E-state index contributed by atoms with van der Waals surface area (Å²) >= 11 is 0. The van der Waals surface area contributed by atoms with Gasteiger partial charge >= 0.3 is 0 Å². The molecule has 0 radical (unpaired) electrons. The molecule has 0 saturated heterocycles. The van der Waals surface area contributed by atoms with E-state index in [1.54, 1.807) is 7.11 Å². The van der Waals surface area contributed by atoms with Crippen LogP contribution in [0, 0.1) is 0 Å². The number of rotatable bonds is 10. The van der Waals surface area contributed by atoms with Crippen molar-refractivity contribution in [2.24, 2.45) is 0 Å². The zero-order valence-electron chi connectivity index (χ0n) is 11.7. The SMILES string of the molecule is COCCCOCCn1cc(CNC(C)C)cn1. The zero-order chi connectivity index (χ0) is 13.2. The standard InChI is InChI=1S/C13H25N3O2/c1-12(2)14-9-13-10-15-16(11-13)5-8-18-7-4-6-17-3/h10-12,14H,4-9H2,1-3H3. The summed E-state index contributed by atoms with van der Waals surface area (Å²) < 4.78 is 12.4. The minimum atomic E-state index is 0.498. The highest BCUT2D eigenvalue weighted by Crippen LogP contribution is 1.98. The first-order valence-electron chi connectivity index (χ1n) is 6.53. The van der Waals surface area contributed by atoms with Crippen molar-refractivity contribution in [2.45, 2.75) is 39.4 Å². The molecule has 0 aliphatic rings. The van der Waals surface area contributed by atoms with Gasteiger partial charge in [0.1, 0.15) is 0 Å². The molecule has 0 amide bonds. The molecule has 1 heterocycles. The normalized spacial score (nSPS) is 11.3. The Bertz CT molecular complexity index is 313. The molecule has 1 aromatic heterocycles. The van der Waals surface area contributed by atoms with E-state index in [1.807, 2.05) is 10.9 Å². The lowest BCUT2D eigenvalue weighted by atomic mass is 10.3. The van der Waals surface area contributed by atoms with Crippen LogP contribution in [0.3, 0.4) is 0 Å². The Morgan fingerprint density at radius 2 is 2.17 bits per heavy atom. The van der Waals surface area contributed by atoms with Gasteiger partial charge in [-0.05, 0) is 6.42 Å². The molecule has 0 spiro atoms. The number of aromatic nitrogens is 2. The molecule has 1 aromatic rings. The van der Waals surface area contributed by atoms with Crippen molar-refractivity contribution in [1.29, 1.82) is 0 Å². The molecule has 1 N–H and O–H groups in total. The van der Waals surface area contributed by atoms with Crippen molar-refractivity contribution in [3.63, 3.8) is 0 Å². The lowest BCUT2D eigenvalue weighted by molar-refractivity contribution is 0.0961. The van der Waals surface area contributed by atoms with Crippen LogP contribution < -0.4 is 5.32 Å². The first kappa shape index (κ1) is 15.1. The molecule has 0 fully saturated rings. The van der Waals surface area contributed by atoms with E-state index in [2.05, 4.69) is 30.5 Å². The van der Waals surface area contributed by atoms with Gasteiger partial charge in [0.2, 0.25) is 0 Å². The van der Waals surface area contributed by atoms with E-state index < -0.39 is 0 Å². The van der Waals surface area contributed by atoms with Crippen LogP contribution in [0.4, 0.5) is 0 Å². The van der Waals surface area contributed by atoms with Gasteiger partial charge in [0.25, 0.3) is 0 Å². The van der Waals surface area contributed by atoms with Crippen molar-refractivity contribution in [1.82, 2.24) is 15.1 Å². The molecule has 0 bridgehead atoms. The quantitative estimate of drug-likeness (QED) is 0.643. The largest absolute Gasteiger partial charge is 0.385 e. The number of methoxy groups -OCH3 is 1. The van der Waals surface area contributed by atoms with E-state index in [0.717, 1.165) is 32.7 Å². The van der Waals surface area contributed by atoms with Crippen molar-refractivity contribution < 1.29 is 9.47 Å². The van der Waals surface area contributed by atoms with Crippen LogP contribution in [0.15, 0.2) is 12.4 Å². The second-order valence-electron chi connectivity index (χ2n) is 4.61. The van der Waals surface area contributed by atoms with Crippen molar-refractivity contribution in [3.8, 4) is 0 Å². The van der Waals surface area contributed by atoms with E-state index >= 15 is 0 Å². The van der Waals surface area contributed by atoms with Crippen LogP contribution in [0.2, 0.25) is 0 Å². The van der Waals surface area contributed by atoms with Gasteiger partial charge in [0.15, 0.2) is 0 Å². The average Bonchev–Trinajstić information content (AvgIpc) is 2.79. The second-order valence-corrected chi connectivity index (χ2v) is 4.61. The average molecular weight is 255 g/mol. The minimum Gasteiger partial charge on any atom is -0.385 e. The van der Waals surface area contributed by atoms with Gasteiger partial charge in [-0.2, -0.15) is 5.10 Å². The fraction of sp³-hybridized carbons (Fsp3) is 0.769. The van der Waals surface area contributed by atoms with Crippen LogP contribution >= 0.6 is 0 Å². The molecule has 0 unspecified atom stereocenters. The molecule has 1 rings (SSSR count). The van der Waals surface area contributed by atoms with Crippen LogP contribution in [0.1, 0.15) is 25.8 Å². The molecular formula is C13H25N3O2. The monoisotopic (exact) mass is 255 g/mol. The van der Waals surface area contributed by atoms with Crippen molar-refractivity contribution in [3.05, 3.63) is 18.0 Å². The molecule has 104 valence electrons. The van der Waals surface area contributed by atoms with Crippen LogP contribution in [0.25, 0.3) is 0 Å². The van der Waals surface area contributed by atoms with Gasteiger partial charge in [-0.1, -0.05) is 13.8 Å². The van der Waals surface area contributed by atoms with Gasteiger partial charge in [0.05, 0.1) is 19.3 Å². The van der Waals surface area contributed by atoms with Gasteiger partial charge in [-0.3, -0.25) is 4.68 Å². The van der Waals surface area contributed by atoms with E-state index in [9.17, 15) is 0 Å². The van der Waals surface area contributed by atoms with E-state index in [0.29, 0.717) is 12.6 Å². The number of hydrogen-bond donors (Lipinski definition) is 1. The summed E-state index contributed by atoms with van der Waals surface area (Å²) in [6, 6.07) is 0.498. The molecule has 0 aliphatic carbocycles. The summed E-state index contributed by atoms with van der Waals surface area (Å²) in [4.78, 5) is 0. The van der Waals surface area contributed by atoms with Crippen LogP contribution in [-0.4, -0.2) is 42.8 Å². The Morgan fingerprint density at radius 3 is 2.89 bits per heavy atom. The predicted molar refractivity (Wildman–Crippen MR) is 71.5 cm³/mol. The first-order valence-corrected chi connectivity index (χ1v) is 6.53. The summed E-state index contributed by atoms with van der Waals surface area (Å²) in [5.74, 6) is 0. The van der Waals surface area contributed by atoms with Crippen LogP contribution in [-0.2, 0) is 22.6 Å². The number of ether oxygens (including phenoxy) is 2. The smallest absolute Gasteiger partial charge is 0.0662 e. The minimum absolute atomic E-state index is 0.498. The fourth-order valence-electron chi connectivity index (χ4n) is 1.51. The first-order chi connectivity index (χ1) is 8.72. The molecule has 0 aromatic carbocycles. The van der Waals surface area contributed by atoms with Crippen molar-refractivity contribution in [2.75, 3.05) is 26.9 Å². The lowest BCUT2D eigenvalue weighted by Crippen LogP contribution is -2.21. The highest BCUT2D eigenvalue weighted by atomic mass is 16.5. The van der Waals surface area contributed by atoms with E-state index in [4.69, 9.17) is 9.47 Å². The third kappa shape index (κ3) is 6.74. The molecule has 0 atom stereocenters. The topological polar surface area (TPSA) is 48.3 Å². The van der Waals surface area contributed by atoms with E-state index in [-0.39, 0.29) is 0 Å². The molecule has 18 heavy (non-hydrogen) atoms. The number of nitrogens with zero attached hydrogens (tertiary/aromatic N) is 2. The molecular weight excluding hydrogens is 230 g/mol. The lowest BCUT2D eigenvalue weighted by Gasteiger charge is -2.05. The molecule has 0 aliphatic heterocycles. The Kier molecular flexibility index (Phi) is 7.64. The third-order valence-corrected chi connectivity index (χ3v) is 2.50. The van der Waals surface area contributed by atoms with Gasteiger partial charge in [-0.15, -0.1) is 0 Å². The number of nitrogens with one attached hydrogen (secondary N) is 1. The summed E-state index contributed by atoms with van der Waals surface area (Å²) in [5, 5.41) is 7.67. The van der Waals surface area contributed by atoms with Crippen LogP contribution in [0.5, 0.6) is 0 Å². The summed E-state index contributed by atoms with van der Waals surface area (Å²) in [6.07, 6.45) is 4.91. The summed E-state index contributed by atoms with van der Waals surface area (Å²) in [5.41, 5.74) is 1.21. The molecule has 5 nitrogen and oxygen atoms in total. The zero-order valence-corrected chi connectivity index (χ0v) is 11.7. The molecule has 5 heteroatoms. The maximum Gasteiger partial charge on any atom is 0.0662 e. The summed E-state index contributed by atoms with van der Waals surface area (Å²) in [6.45, 7) is 8.14. The Labute approximate surface area is 109 Å². The highest BCUT2D eigenvalue weighted by Gasteiger charge is 1.99. The van der Waals surface area contributed by atoms with E-state index in [1.165, 1.54) is 5.56 Å². The highest BCUT2D eigenvalue weighted by molar-refractivity contribution is 5.03. The Morgan fingerprint density at radius 1 is 1.33 bits per heavy atom. The fourth-order valence-corrected chi connectivity index (χ4v) is 1.51. The maximum absolute atomic E-state index is 5.49. The summed E-state index contributed by atoms with van der Waals surface area (Å²) in [7, 11) is 1.70. The number of hydrogen-bond acceptors (Lipinski definition) is 4. The van der Waals surface area contributed by atoms with Gasteiger partial charge < -0.3 is 14.8 Å². The molecule has 0 saturated carbocycles. The Balaban J connectivity index is 2.11. The van der Waals surface area contributed by atoms with Crippen molar-refractivity contribution >= 4 is 0 Å². The predicted octanol–water partition coefficient (Wildman–Crippen LogP) is 1.43. The van der Waals surface area contributed by atoms with Gasteiger partial charge in [-0.25, -0.2) is 0 Å².